The molecule has 0 radical (unpaired) electrons. The van der Waals surface area contributed by atoms with Crippen LogP contribution in [0.3, 0.4) is 0 Å². The molecule has 1 aromatic rings. The number of allylic oxidation sites excluding steroid dienone is 2. The van der Waals surface area contributed by atoms with Crippen molar-refractivity contribution in [1.82, 2.24) is 0 Å². The van der Waals surface area contributed by atoms with Crippen molar-refractivity contribution in [3.05, 3.63) is 46.5 Å². The van der Waals surface area contributed by atoms with Gasteiger partial charge in [-0.2, -0.15) is 0 Å². The van der Waals surface area contributed by atoms with E-state index < -0.39 is 5.41 Å². The van der Waals surface area contributed by atoms with E-state index in [1.807, 2.05) is 19.9 Å². The van der Waals surface area contributed by atoms with Gasteiger partial charge in [0.25, 0.3) is 0 Å². The van der Waals surface area contributed by atoms with Gasteiger partial charge in [0.1, 0.15) is 0 Å². The number of Topliss-reactive ketones (excluding diaryl/α,β-unsaturated/α-hetero) is 1. The van der Waals surface area contributed by atoms with Crippen LogP contribution in [0.25, 0.3) is 0 Å². The third-order valence-electron chi connectivity index (χ3n) is 5.96. The van der Waals surface area contributed by atoms with Gasteiger partial charge in [-0.3, -0.25) is 9.59 Å². The molecule has 2 atom stereocenters. The zero-order chi connectivity index (χ0) is 16.3. The maximum atomic E-state index is 12.9. The maximum absolute atomic E-state index is 12.9. The fourth-order valence-electron chi connectivity index (χ4n) is 4.51. The van der Waals surface area contributed by atoms with Gasteiger partial charge in [-0.05, 0) is 42.0 Å². The maximum Gasteiger partial charge on any atom is 0.163 e. The van der Waals surface area contributed by atoms with Crippen molar-refractivity contribution in [2.24, 2.45) is 11.3 Å². The summed E-state index contributed by atoms with van der Waals surface area (Å²) in [6.07, 6.45) is 5.09. The predicted octanol–water partition coefficient (Wildman–Crippen LogP) is 4.18. The average molecular weight is 296 g/mol. The van der Waals surface area contributed by atoms with Crippen molar-refractivity contribution in [2.75, 3.05) is 0 Å². The van der Waals surface area contributed by atoms with E-state index in [2.05, 4.69) is 32.9 Å². The first-order valence-corrected chi connectivity index (χ1v) is 8.13. The fraction of sp³-hybridized carbons (Fsp3) is 0.500. The minimum Gasteiger partial charge on any atom is -0.294 e. The number of carbonyl (C=O) groups excluding carboxylic acids is 2. The molecule has 2 nitrogen and oxygen atoms in total. The minimum atomic E-state index is -0.492. The third-order valence-corrected chi connectivity index (χ3v) is 5.96. The molecule has 0 aromatic heterocycles. The first-order valence-electron chi connectivity index (χ1n) is 8.13. The summed E-state index contributed by atoms with van der Waals surface area (Å²) in [5, 5.41) is 0. The molecule has 0 amide bonds. The van der Waals surface area contributed by atoms with Crippen LogP contribution >= 0.6 is 0 Å². The van der Waals surface area contributed by atoms with Crippen molar-refractivity contribution in [3.63, 3.8) is 0 Å². The highest BCUT2D eigenvalue weighted by Crippen LogP contribution is 2.53. The second kappa shape index (κ2) is 4.65. The summed E-state index contributed by atoms with van der Waals surface area (Å²) in [4.78, 5) is 25.2. The number of benzene rings is 1. The lowest BCUT2D eigenvalue weighted by atomic mass is 9.52. The zero-order valence-corrected chi connectivity index (χ0v) is 14.1. The third kappa shape index (κ3) is 1.79. The Kier molecular flexibility index (Phi) is 3.21. The molecule has 0 fully saturated rings. The van der Waals surface area contributed by atoms with E-state index in [-0.39, 0.29) is 22.9 Å². The minimum absolute atomic E-state index is 0.0323. The van der Waals surface area contributed by atoms with Crippen LogP contribution in [0.5, 0.6) is 0 Å². The van der Waals surface area contributed by atoms with Crippen LogP contribution in [0.15, 0.2) is 24.3 Å². The molecule has 0 N–H and O–H groups in total. The molecule has 1 aromatic carbocycles. The summed E-state index contributed by atoms with van der Waals surface area (Å²) >= 11 is 0. The molecule has 0 saturated carbocycles. The molecule has 0 bridgehead atoms. The Hall–Kier alpha value is -1.70. The molecule has 2 heteroatoms. The molecule has 2 aliphatic rings. The number of carbonyl (C=O) groups is 2. The Morgan fingerprint density at radius 2 is 1.86 bits per heavy atom. The smallest absolute Gasteiger partial charge is 0.163 e. The van der Waals surface area contributed by atoms with Gasteiger partial charge < -0.3 is 0 Å². The summed E-state index contributed by atoms with van der Waals surface area (Å²) < 4.78 is 0. The lowest BCUT2D eigenvalue weighted by molar-refractivity contribution is -0.127. The molecule has 0 saturated heterocycles. The van der Waals surface area contributed by atoms with Crippen molar-refractivity contribution in [1.29, 1.82) is 0 Å². The number of aryl methyl sites for hydroxylation is 1. The van der Waals surface area contributed by atoms with E-state index >= 15 is 0 Å². The van der Waals surface area contributed by atoms with E-state index in [4.69, 9.17) is 0 Å². The summed E-state index contributed by atoms with van der Waals surface area (Å²) in [6.45, 7) is 10.3. The normalized spacial score (nSPS) is 29.2. The van der Waals surface area contributed by atoms with E-state index in [1.165, 1.54) is 11.1 Å². The van der Waals surface area contributed by atoms with Crippen LogP contribution in [0, 0.1) is 18.3 Å². The van der Waals surface area contributed by atoms with Crippen molar-refractivity contribution in [3.8, 4) is 0 Å². The van der Waals surface area contributed by atoms with Crippen LogP contribution in [0.4, 0.5) is 0 Å². The van der Waals surface area contributed by atoms with Gasteiger partial charge in [0.15, 0.2) is 11.6 Å². The number of hydrogen-bond donors (Lipinski definition) is 0. The van der Waals surface area contributed by atoms with Gasteiger partial charge >= 0.3 is 0 Å². The Morgan fingerprint density at radius 1 is 1.18 bits per heavy atom. The van der Waals surface area contributed by atoms with Gasteiger partial charge in [0.2, 0.25) is 0 Å². The Bertz CT molecular complexity index is 709. The lowest BCUT2D eigenvalue weighted by Crippen LogP contribution is -2.51. The van der Waals surface area contributed by atoms with Crippen LogP contribution in [0.2, 0.25) is 0 Å². The second-order valence-corrected chi connectivity index (χ2v) is 7.52. The molecular weight excluding hydrogens is 272 g/mol. The lowest BCUT2D eigenvalue weighted by Gasteiger charge is -2.50. The van der Waals surface area contributed by atoms with Crippen LogP contribution in [0.1, 0.15) is 61.2 Å². The average Bonchev–Trinajstić information content (AvgIpc) is 2.46. The van der Waals surface area contributed by atoms with Crippen LogP contribution in [-0.2, 0) is 16.6 Å². The van der Waals surface area contributed by atoms with E-state index in [0.29, 0.717) is 6.42 Å². The molecule has 0 spiro atoms. The first-order chi connectivity index (χ1) is 10.2. The number of rotatable bonds is 1. The SMILES string of the molecule is CCc1c(C)ccc2c1C(=O)C[C@@H]1C(C)(C)C(=O)C=C[C@]21C. The Morgan fingerprint density at radius 3 is 2.50 bits per heavy atom. The van der Waals surface area contributed by atoms with Crippen LogP contribution in [-0.4, -0.2) is 11.6 Å². The Balaban J connectivity index is 2.32. The van der Waals surface area contributed by atoms with E-state index in [0.717, 1.165) is 17.5 Å². The molecule has 0 unspecified atom stereocenters. The number of ketones is 2. The zero-order valence-electron chi connectivity index (χ0n) is 14.1. The standard InChI is InChI=1S/C20H24O2/c1-6-13-12(2)7-8-14-18(13)15(21)11-16-19(3,4)17(22)9-10-20(14,16)5/h7-10,16H,6,11H2,1-5H3/t16-,20-/m1/s1. The second-order valence-electron chi connectivity index (χ2n) is 7.52. The number of hydrogen-bond acceptors (Lipinski definition) is 2. The van der Waals surface area contributed by atoms with Gasteiger partial charge in [0, 0.05) is 22.8 Å². The summed E-state index contributed by atoms with van der Waals surface area (Å²) in [5.74, 6) is 0.369. The van der Waals surface area contributed by atoms with Gasteiger partial charge in [0.05, 0.1) is 0 Å². The largest absolute Gasteiger partial charge is 0.294 e. The highest BCUT2D eigenvalue weighted by atomic mass is 16.1. The van der Waals surface area contributed by atoms with Gasteiger partial charge in [-0.25, -0.2) is 0 Å². The molecular formula is C20H24O2. The van der Waals surface area contributed by atoms with Crippen molar-refractivity contribution < 1.29 is 9.59 Å². The number of fused-ring (bicyclic) bond motifs is 3. The van der Waals surface area contributed by atoms with E-state index in [1.54, 1.807) is 6.08 Å². The summed E-state index contributed by atoms with van der Waals surface area (Å²) in [6, 6.07) is 4.22. The van der Waals surface area contributed by atoms with Gasteiger partial charge in [-0.1, -0.05) is 45.9 Å². The molecule has 2 aliphatic carbocycles. The topological polar surface area (TPSA) is 34.1 Å². The molecule has 0 heterocycles. The molecule has 3 rings (SSSR count). The highest BCUT2D eigenvalue weighted by Gasteiger charge is 2.53. The summed E-state index contributed by atoms with van der Waals surface area (Å²) in [5.41, 5.74) is 3.65. The quantitative estimate of drug-likeness (QED) is 0.779. The predicted molar refractivity (Wildman–Crippen MR) is 88.3 cm³/mol. The van der Waals surface area contributed by atoms with Crippen molar-refractivity contribution >= 4 is 11.6 Å². The monoisotopic (exact) mass is 296 g/mol. The summed E-state index contributed by atoms with van der Waals surface area (Å²) in [7, 11) is 0. The fourth-order valence-corrected chi connectivity index (χ4v) is 4.51. The van der Waals surface area contributed by atoms with Crippen molar-refractivity contribution in [2.45, 2.75) is 52.9 Å². The van der Waals surface area contributed by atoms with Gasteiger partial charge in [-0.15, -0.1) is 0 Å². The molecule has 116 valence electrons. The van der Waals surface area contributed by atoms with Crippen LogP contribution < -0.4 is 0 Å². The van der Waals surface area contributed by atoms with E-state index in [9.17, 15) is 9.59 Å². The molecule has 0 aliphatic heterocycles. The Labute approximate surface area is 132 Å². The first kappa shape index (κ1) is 15.2. The highest BCUT2D eigenvalue weighted by molar-refractivity contribution is 6.04. The molecule has 22 heavy (non-hydrogen) atoms.